The molecule has 2 aromatic rings. The molecule has 1 aliphatic heterocycles. The van der Waals surface area contributed by atoms with Gasteiger partial charge in [0.05, 0.1) is 10.6 Å². The zero-order chi connectivity index (χ0) is 18.0. The van der Waals surface area contributed by atoms with Crippen molar-refractivity contribution in [1.29, 1.82) is 0 Å². The fourth-order valence-corrected chi connectivity index (χ4v) is 3.21. The lowest BCUT2D eigenvalue weighted by molar-refractivity contribution is 0.0533. The third-order valence-corrected chi connectivity index (χ3v) is 4.65. The molecule has 0 bridgehead atoms. The zero-order valence-electron chi connectivity index (χ0n) is 13.2. The van der Waals surface area contributed by atoms with E-state index in [4.69, 9.17) is 23.2 Å². The minimum Gasteiger partial charge on any atom is -0.335 e. The summed E-state index contributed by atoms with van der Waals surface area (Å²) in [5.41, 5.74) is 0.378. The first-order valence-corrected chi connectivity index (χ1v) is 8.51. The molecule has 1 heterocycles. The molecular weight excluding hydrogens is 366 g/mol. The van der Waals surface area contributed by atoms with Crippen molar-refractivity contribution in [2.45, 2.75) is 0 Å². The van der Waals surface area contributed by atoms with Crippen LogP contribution in [0.4, 0.5) is 4.39 Å². The number of hydrogen-bond donors (Lipinski definition) is 0. The molecule has 0 radical (unpaired) electrons. The van der Waals surface area contributed by atoms with Crippen LogP contribution in [0, 0.1) is 5.82 Å². The molecule has 4 nitrogen and oxygen atoms in total. The third kappa shape index (κ3) is 3.78. The summed E-state index contributed by atoms with van der Waals surface area (Å²) in [4.78, 5) is 28.2. The first kappa shape index (κ1) is 17.7. The Balaban J connectivity index is 1.68. The van der Waals surface area contributed by atoms with E-state index in [9.17, 15) is 14.0 Å². The maximum atomic E-state index is 13.9. The molecule has 1 fully saturated rings. The van der Waals surface area contributed by atoms with Gasteiger partial charge < -0.3 is 9.80 Å². The summed E-state index contributed by atoms with van der Waals surface area (Å²) in [7, 11) is 0. The molecule has 0 unspecified atom stereocenters. The predicted molar refractivity (Wildman–Crippen MR) is 94.7 cm³/mol. The number of benzene rings is 2. The largest absolute Gasteiger partial charge is 0.335 e. The molecule has 2 aromatic carbocycles. The fraction of sp³-hybridized carbons (Fsp3) is 0.222. The van der Waals surface area contributed by atoms with Gasteiger partial charge in [-0.2, -0.15) is 0 Å². The Kier molecular flexibility index (Phi) is 5.25. The summed E-state index contributed by atoms with van der Waals surface area (Å²) in [6, 6.07) is 10.9. The average molecular weight is 381 g/mol. The van der Waals surface area contributed by atoms with E-state index in [0.717, 1.165) is 0 Å². The smallest absolute Gasteiger partial charge is 0.258 e. The molecule has 0 atom stereocenters. The van der Waals surface area contributed by atoms with Gasteiger partial charge in [-0.25, -0.2) is 4.39 Å². The molecule has 25 heavy (non-hydrogen) atoms. The monoisotopic (exact) mass is 380 g/mol. The van der Waals surface area contributed by atoms with E-state index in [2.05, 4.69) is 0 Å². The number of nitrogens with zero attached hydrogens (tertiary/aromatic N) is 2. The molecule has 1 saturated heterocycles. The second-order valence-corrected chi connectivity index (χ2v) is 6.54. The number of amides is 2. The summed E-state index contributed by atoms with van der Waals surface area (Å²) in [5.74, 6) is -1.24. The van der Waals surface area contributed by atoms with Crippen molar-refractivity contribution in [3.05, 3.63) is 69.5 Å². The van der Waals surface area contributed by atoms with Crippen molar-refractivity contribution in [3.63, 3.8) is 0 Å². The molecule has 130 valence electrons. The minimum atomic E-state index is -0.644. The van der Waals surface area contributed by atoms with Gasteiger partial charge in [-0.05, 0) is 30.3 Å². The van der Waals surface area contributed by atoms with Gasteiger partial charge in [-0.1, -0.05) is 35.3 Å². The van der Waals surface area contributed by atoms with Crippen molar-refractivity contribution in [2.24, 2.45) is 0 Å². The van der Waals surface area contributed by atoms with E-state index in [1.807, 2.05) is 0 Å². The third-order valence-electron chi connectivity index (χ3n) is 4.10. The molecule has 2 amide bonds. The lowest BCUT2D eigenvalue weighted by Gasteiger charge is -2.35. The van der Waals surface area contributed by atoms with Crippen LogP contribution in [-0.2, 0) is 0 Å². The summed E-state index contributed by atoms with van der Waals surface area (Å²) in [5, 5.41) is 0.580. The van der Waals surface area contributed by atoms with E-state index in [-0.39, 0.29) is 16.5 Å². The van der Waals surface area contributed by atoms with E-state index < -0.39 is 11.7 Å². The number of carbonyl (C=O) groups excluding carboxylic acids is 2. The molecule has 0 aromatic heterocycles. The molecule has 0 N–H and O–H groups in total. The Morgan fingerprint density at radius 1 is 0.880 bits per heavy atom. The van der Waals surface area contributed by atoms with Gasteiger partial charge in [-0.3, -0.25) is 9.59 Å². The van der Waals surface area contributed by atoms with Gasteiger partial charge in [0.15, 0.2) is 0 Å². The Hall–Kier alpha value is -2.11. The first-order valence-electron chi connectivity index (χ1n) is 7.75. The van der Waals surface area contributed by atoms with Crippen molar-refractivity contribution in [1.82, 2.24) is 9.80 Å². The molecular formula is C18H15Cl2FN2O2. The van der Waals surface area contributed by atoms with E-state index in [1.54, 1.807) is 29.2 Å². The van der Waals surface area contributed by atoms with Crippen LogP contribution in [0.25, 0.3) is 0 Å². The van der Waals surface area contributed by atoms with Crippen LogP contribution in [0.3, 0.4) is 0 Å². The van der Waals surface area contributed by atoms with Crippen molar-refractivity contribution < 1.29 is 14.0 Å². The predicted octanol–water partition coefficient (Wildman–Crippen LogP) is 3.73. The molecule has 0 saturated carbocycles. The second kappa shape index (κ2) is 7.42. The Labute approximate surface area is 154 Å². The number of rotatable bonds is 2. The zero-order valence-corrected chi connectivity index (χ0v) is 14.7. The second-order valence-electron chi connectivity index (χ2n) is 5.69. The Morgan fingerprint density at radius 2 is 1.48 bits per heavy atom. The highest BCUT2D eigenvalue weighted by Crippen LogP contribution is 2.22. The summed E-state index contributed by atoms with van der Waals surface area (Å²) < 4.78 is 13.9. The lowest BCUT2D eigenvalue weighted by Crippen LogP contribution is -2.50. The lowest BCUT2D eigenvalue weighted by atomic mass is 10.1. The highest BCUT2D eigenvalue weighted by atomic mass is 35.5. The van der Waals surface area contributed by atoms with Gasteiger partial charge in [0.25, 0.3) is 11.8 Å². The Morgan fingerprint density at radius 3 is 2.08 bits per heavy atom. The van der Waals surface area contributed by atoms with Crippen LogP contribution in [0.15, 0.2) is 42.5 Å². The standard InChI is InChI=1S/C18H15Cl2FN2O2/c19-13-4-1-3-12(11-13)17(24)22-7-9-23(10-8-22)18(25)16-14(20)5-2-6-15(16)21/h1-6,11H,7-10H2. The summed E-state index contributed by atoms with van der Waals surface area (Å²) >= 11 is 11.9. The van der Waals surface area contributed by atoms with Crippen LogP contribution in [0.2, 0.25) is 10.0 Å². The van der Waals surface area contributed by atoms with Gasteiger partial charge in [-0.15, -0.1) is 0 Å². The highest BCUT2D eigenvalue weighted by molar-refractivity contribution is 6.33. The summed E-state index contributed by atoms with van der Waals surface area (Å²) in [6.07, 6.45) is 0. The normalized spacial score (nSPS) is 14.5. The van der Waals surface area contributed by atoms with Crippen LogP contribution in [0.5, 0.6) is 0 Å². The van der Waals surface area contributed by atoms with Crippen LogP contribution in [0.1, 0.15) is 20.7 Å². The van der Waals surface area contributed by atoms with E-state index in [1.165, 1.54) is 23.1 Å². The SMILES string of the molecule is O=C(c1cccc(Cl)c1)N1CCN(C(=O)c2c(F)cccc2Cl)CC1. The van der Waals surface area contributed by atoms with Crippen LogP contribution < -0.4 is 0 Å². The highest BCUT2D eigenvalue weighted by Gasteiger charge is 2.28. The maximum Gasteiger partial charge on any atom is 0.258 e. The molecule has 1 aliphatic rings. The van der Waals surface area contributed by atoms with Crippen molar-refractivity contribution >= 4 is 35.0 Å². The Bertz CT molecular complexity index is 800. The van der Waals surface area contributed by atoms with Crippen LogP contribution in [-0.4, -0.2) is 47.8 Å². The quantitative estimate of drug-likeness (QED) is 0.796. The summed E-state index contributed by atoms with van der Waals surface area (Å²) in [6.45, 7) is 1.36. The minimum absolute atomic E-state index is 0.0856. The number of hydrogen-bond acceptors (Lipinski definition) is 2. The number of piperazine rings is 1. The van der Waals surface area contributed by atoms with Gasteiger partial charge in [0.1, 0.15) is 5.82 Å². The van der Waals surface area contributed by atoms with E-state index in [0.29, 0.717) is 36.8 Å². The number of carbonyl (C=O) groups is 2. The fourth-order valence-electron chi connectivity index (χ4n) is 2.78. The van der Waals surface area contributed by atoms with Crippen molar-refractivity contribution in [2.75, 3.05) is 26.2 Å². The van der Waals surface area contributed by atoms with E-state index >= 15 is 0 Å². The molecule has 7 heteroatoms. The molecule has 0 aliphatic carbocycles. The molecule has 3 rings (SSSR count). The number of halogens is 3. The maximum absolute atomic E-state index is 13.9. The molecule has 0 spiro atoms. The van der Waals surface area contributed by atoms with Crippen LogP contribution >= 0.6 is 23.2 Å². The van der Waals surface area contributed by atoms with Gasteiger partial charge in [0, 0.05) is 36.8 Å². The first-order chi connectivity index (χ1) is 12.0. The van der Waals surface area contributed by atoms with Gasteiger partial charge >= 0.3 is 0 Å². The topological polar surface area (TPSA) is 40.6 Å². The average Bonchev–Trinajstić information content (AvgIpc) is 2.61. The van der Waals surface area contributed by atoms with Gasteiger partial charge in [0.2, 0.25) is 0 Å². The van der Waals surface area contributed by atoms with Crippen molar-refractivity contribution in [3.8, 4) is 0 Å².